The van der Waals surface area contributed by atoms with Gasteiger partial charge in [-0.1, -0.05) is 18.2 Å². The summed E-state index contributed by atoms with van der Waals surface area (Å²) in [6, 6.07) is 12.1. The maximum absolute atomic E-state index is 11.3. The van der Waals surface area contributed by atoms with Crippen molar-refractivity contribution in [1.82, 2.24) is 5.32 Å². The van der Waals surface area contributed by atoms with E-state index in [0.717, 1.165) is 17.7 Å². The fourth-order valence-electron chi connectivity index (χ4n) is 3.00. The molecule has 0 aliphatic carbocycles. The monoisotopic (exact) mass is 467 g/mol. The molecule has 2 N–H and O–H groups in total. The normalized spacial score (nSPS) is 11.8. The lowest BCUT2D eigenvalue weighted by Crippen LogP contribution is -3.00. The Bertz CT molecular complexity index is 875. The summed E-state index contributed by atoms with van der Waals surface area (Å²) in [4.78, 5) is 21.0. The van der Waals surface area contributed by atoms with E-state index in [1.807, 2.05) is 38.1 Å². The summed E-state index contributed by atoms with van der Waals surface area (Å²) in [7, 11) is 1.62. The summed E-state index contributed by atoms with van der Waals surface area (Å²) in [6.07, 6.45) is -0.131. The first-order valence-electron chi connectivity index (χ1n) is 9.75. The van der Waals surface area contributed by atoms with Crippen molar-refractivity contribution in [3.05, 3.63) is 63.7 Å². The number of hydrogen-bond donors (Lipinski definition) is 2. The van der Waals surface area contributed by atoms with Crippen LogP contribution in [0.4, 0.5) is 5.69 Å². The number of β-amino-alcohol motifs (C(OH)–C–C–N with tert-alkyl or cyclic N) is 1. The van der Waals surface area contributed by atoms with Crippen molar-refractivity contribution >= 4 is 12.2 Å². The van der Waals surface area contributed by atoms with Crippen molar-refractivity contribution in [1.29, 1.82) is 0 Å². The number of nitro groups is 1. The number of halogens is 1. The van der Waals surface area contributed by atoms with E-state index in [0.29, 0.717) is 5.56 Å². The third-order valence-electron chi connectivity index (χ3n) is 4.59. The van der Waals surface area contributed by atoms with Gasteiger partial charge >= 0.3 is 5.69 Å². The van der Waals surface area contributed by atoms with Gasteiger partial charge in [0.1, 0.15) is 25.1 Å². The maximum atomic E-state index is 11.3. The van der Waals surface area contributed by atoms with Crippen LogP contribution in [0.15, 0.2) is 42.5 Å². The van der Waals surface area contributed by atoms with Gasteiger partial charge in [0.25, 0.3) is 6.47 Å². The number of aliphatic hydroxyl groups is 1. The molecule has 0 heterocycles. The summed E-state index contributed by atoms with van der Waals surface area (Å²) in [5, 5.41) is 24.9. The molecule has 0 aromatic heterocycles. The number of methoxy groups -OCH3 is 1. The Morgan fingerprint density at radius 3 is 2.44 bits per heavy atom. The van der Waals surface area contributed by atoms with Crippen molar-refractivity contribution in [3.8, 4) is 11.5 Å². The number of benzene rings is 2. The van der Waals surface area contributed by atoms with Crippen LogP contribution in [0.25, 0.3) is 0 Å². The van der Waals surface area contributed by atoms with Gasteiger partial charge in [-0.05, 0) is 49.6 Å². The molecule has 2 rings (SSSR count). The van der Waals surface area contributed by atoms with Crippen molar-refractivity contribution in [3.63, 3.8) is 0 Å². The van der Waals surface area contributed by atoms with Crippen molar-refractivity contribution < 1.29 is 41.4 Å². The molecular weight excluding hydrogens is 440 g/mol. The van der Waals surface area contributed by atoms with Crippen LogP contribution in [0.5, 0.6) is 11.5 Å². The summed E-state index contributed by atoms with van der Waals surface area (Å²) in [6.45, 7) is 4.39. The molecule has 10 heteroatoms. The molecule has 0 bridgehead atoms. The molecule has 0 amide bonds. The lowest BCUT2D eigenvalue weighted by molar-refractivity contribution is -0.386. The molecule has 2 aromatic carbocycles. The fourth-order valence-corrected chi connectivity index (χ4v) is 3.00. The molecule has 32 heavy (non-hydrogen) atoms. The van der Waals surface area contributed by atoms with E-state index in [1.54, 1.807) is 13.2 Å². The molecule has 0 radical (unpaired) electrons. The number of carbonyl (C=O) groups is 1. The van der Waals surface area contributed by atoms with Crippen LogP contribution in [0.2, 0.25) is 0 Å². The van der Waals surface area contributed by atoms with E-state index in [9.17, 15) is 20.0 Å². The number of carbonyl (C=O) groups excluding carboxylic acids is 1. The molecule has 1 atom stereocenters. The van der Waals surface area contributed by atoms with Gasteiger partial charge in [-0.15, -0.1) is 0 Å². The number of nitrogens with zero attached hydrogens (tertiary/aromatic N) is 1. The van der Waals surface area contributed by atoms with E-state index in [-0.39, 0.29) is 55.6 Å². The highest BCUT2D eigenvalue weighted by molar-refractivity contribution is 5.49. The predicted molar refractivity (Wildman–Crippen MR) is 114 cm³/mol. The van der Waals surface area contributed by atoms with E-state index < -0.39 is 11.0 Å². The third kappa shape index (κ3) is 8.70. The summed E-state index contributed by atoms with van der Waals surface area (Å²) in [5.41, 5.74) is 1.04. The zero-order valence-corrected chi connectivity index (χ0v) is 19.0. The van der Waals surface area contributed by atoms with E-state index in [2.05, 4.69) is 10.1 Å². The van der Waals surface area contributed by atoms with Crippen LogP contribution in [-0.2, 0) is 22.6 Å². The van der Waals surface area contributed by atoms with Crippen LogP contribution < -0.4 is 27.2 Å². The second kappa shape index (κ2) is 12.8. The topological polar surface area (TPSA) is 120 Å². The average molecular weight is 468 g/mol. The number of nitrogens with one attached hydrogen (secondary N) is 1. The quantitative estimate of drug-likeness (QED) is 0.232. The number of ether oxygens (including phenoxy) is 3. The highest BCUT2D eigenvalue weighted by Gasteiger charge is 2.21. The van der Waals surface area contributed by atoms with Gasteiger partial charge in [-0.3, -0.25) is 14.9 Å². The molecule has 0 saturated heterocycles. The van der Waals surface area contributed by atoms with Gasteiger partial charge in [0.05, 0.1) is 12.0 Å². The Morgan fingerprint density at radius 2 is 1.84 bits per heavy atom. The van der Waals surface area contributed by atoms with Crippen LogP contribution in [-0.4, -0.2) is 48.4 Å². The average Bonchev–Trinajstić information content (AvgIpc) is 2.75. The minimum atomic E-state index is -0.868. The zero-order chi connectivity index (χ0) is 22.9. The molecule has 0 aliphatic rings. The summed E-state index contributed by atoms with van der Waals surface area (Å²) in [5.74, 6) is 0.830. The van der Waals surface area contributed by atoms with E-state index in [1.165, 1.54) is 12.1 Å². The Balaban J connectivity index is 0.00000512. The van der Waals surface area contributed by atoms with Gasteiger partial charge in [0.15, 0.2) is 5.75 Å². The zero-order valence-electron chi connectivity index (χ0n) is 18.2. The van der Waals surface area contributed by atoms with Gasteiger partial charge in [0.2, 0.25) is 0 Å². The van der Waals surface area contributed by atoms with Crippen molar-refractivity contribution in [2.75, 3.05) is 20.3 Å². The summed E-state index contributed by atoms with van der Waals surface area (Å²) < 4.78 is 15.2. The second-order valence-corrected chi connectivity index (χ2v) is 7.72. The second-order valence-electron chi connectivity index (χ2n) is 7.72. The number of rotatable bonds is 13. The van der Waals surface area contributed by atoms with Gasteiger partial charge < -0.3 is 37.0 Å². The van der Waals surface area contributed by atoms with Crippen molar-refractivity contribution in [2.45, 2.75) is 38.5 Å². The molecule has 0 fully saturated rings. The molecule has 2 aromatic rings. The molecular formula is C22H28ClN2O7-. The molecule has 0 spiro atoms. The first-order chi connectivity index (χ1) is 14.7. The smallest absolute Gasteiger partial charge is 0.311 e. The standard InChI is InChI=1S/C22H28N2O7.ClH/c1-22(2,11-16-4-7-19(29-3)8-5-16)23-12-18(26)14-31-21-9-6-17(13-30-15-25)10-20(21)24(27)28;/h4-10,15,18,23,26H,11-14H2,1-3H3;1H/p-1. The number of nitro benzene ring substituents is 1. The molecule has 0 aliphatic heterocycles. The fraction of sp³-hybridized carbons (Fsp3) is 0.409. The van der Waals surface area contributed by atoms with Crippen LogP contribution in [0.1, 0.15) is 25.0 Å². The number of aliphatic hydroxyl groups excluding tert-OH is 1. The molecule has 1 unspecified atom stereocenters. The Kier molecular flexibility index (Phi) is 10.9. The molecule has 9 nitrogen and oxygen atoms in total. The van der Waals surface area contributed by atoms with Gasteiger partial charge in [-0.2, -0.15) is 0 Å². The highest BCUT2D eigenvalue weighted by Crippen LogP contribution is 2.28. The van der Waals surface area contributed by atoms with Crippen LogP contribution >= 0.6 is 0 Å². The van der Waals surface area contributed by atoms with Crippen LogP contribution in [0, 0.1) is 10.1 Å². The Morgan fingerprint density at radius 1 is 1.19 bits per heavy atom. The Hall–Kier alpha value is -2.88. The Labute approximate surface area is 193 Å². The first kappa shape index (κ1) is 27.2. The summed E-state index contributed by atoms with van der Waals surface area (Å²) >= 11 is 0. The predicted octanol–water partition coefficient (Wildman–Crippen LogP) is -0.369. The van der Waals surface area contributed by atoms with E-state index >= 15 is 0 Å². The van der Waals surface area contributed by atoms with Crippen molar-refractivity contribution in [2.24, 2.45) is 0 Å². The minimum absolute atomic E-state index is 0. The van der Waals surface area contributed by atoms with Gasteiger partial charge in [0, 0.05) is 18.2 Å². The molecule has 176 valence electrons. The lowest BCUT2D eigenvalue weighted by Gasteiger charge is -2.28. The third-order valence-corrected chi connectivity index (χ3v) is 4.59. The highest BCUT2D eigenvalue weighted by atomic mass is 35.5. The minimum Gasteiger partial charge on any atom is -1.00 e. The lowest BCUT2D eigenvalue weighted by atomic mass is 9.94. The largest absolute Gasteiger partial charge is 1.00 e. The van der Waals surface area contributed by atoms with Crippen LogP contribution in [0.3, 0.4) is 0 Å². The SMILES string of the molecule is COc1ccc(CC(C)(C)NCC(O)COc2ccc(COC=O)cc2[N+](=O)[O-])cc1.[Cl-]. The van der Waals surface area contributed by atoms with E-state index in [4.69, 9.17) is 9.47 Å². The number of hydrogen-bond acceptors (Lipinski definition) is 8. The van der Waals surface area contributed by atoms with Gasteiger partial charge in [-0.25, -0.2) is 0 Å². The first-order valence-corrected chi connectivity index (χ1v) is 9.75. The molecule has 0 saturated carbocycles. The maximum Gasteiger partial charge on any atom is 0.311 e.